The van der Waals surface area contributed by atoms with Gasteiger partial charge in [0.05, 0.1) is 10.1 Å². The van der Waals surface area contributed by atoms with Crippen molar-refractivity contribution in [1.29, 1.82) is 0 Å². The second kappa shape index (κ2) is 9.61. The molecule has 0 amide bonds. The summed E-state index contributed by atoms with van der Waals surface area (Å²) in [7, 11) is 0. The summed E-state index contributed by atoms with van der Waals surface area (Å²) >= 11 is 3.47. The molecule has 0 aliphatic carbocycles. The summed E-state index contributed by atoms with van der Waals surface area (Å²) in [6.07, 6.45) is 11.7. The number of hydrogen-bond acceptors (Lipinski definition) is 3. The van der Waals surface area contributed by atoms with Crippen molar-refractivity contribution in [1.82, 2.24) is 5.32 Å². The average molecular weight is 354 g/mol. The average Bonchev–Trinajstić information content (AvgIpc) is 2.75. The van der Waals surface area contributed by atoms with Gasteiger partial charge in [-0.1, -0.05) is 44.1 Å². The number of carbonyl (C=O) groups excluding carboxylic acids is 1. The fourth-order valence-electron chi connectivity index (χ4n) is 1.91. The molecular weight excluding hydrogens is 330 g/mol. The van der Waals surface area contributed by atoms with E-state index in [0.717, 1.165) is 42.3 Å². The summed E-state index contributed by atoms with van der Waals surface area (Å²) in [6.45, 7) is 6.97. The van der Waals surface area contributed by atoms with Gasteiger partial charge >= 0.3 is 5.97 Å². The molecule has 1 heterocycles. The van der Waals surface area contributed by atoms with Crippen LogP contribution in [0.1, 0.15) is 46.5 Å². The molecule has 0 aromatic rings. The van der Waals surface area contributed by atoms with Crippen LogP contribution in [0.5, 0.6) is 0 Å². The van der Waals surface area contributed by atoms with Crippen LogP contribution >= 0.6 is 15.9 Å². The van der Waals surface area contributed by atoms with E-state index in [1.807, 2.05) is 19.1 Å². The Balaban J connectivity index is 2.65. The highest BCUT2D eigenvalue weighted by Gasteiger charge is 2.27. The number of cyclic esters (lactones) is 1. The molecule has 1 rings (SSSR count). The Hall–Kier alpha value is -1.29. The van der Waals surface area contributed by atoms with Gasteiger partial charge in [-0.15, -0.1) is 0 Å². The van der Waals surface area contributed by atoms with Crippen LogP contribution < -0.4 is 5.32 Å². The van der Waals surface area contributed by atoms with Crippen molar-refractivity contribution in [2.24, 2.45) is 0 Å². The molecule has 0 aromatic carbocycles. The molecule has 3 nitrogen and oxygen atoms in total. The number of nitrogens with one attached hydrogen (secondary N) is 1. The molecule has 0 atom stereocenters. The number of ether oxygens (including phenoxy) is 1. The van der Waals surface area contributed by atoms with Gasteiger partial charge in [-0.25, -0.2) is 4.79 Å². The fraction of sp³-hybridized carbons (Fsp3) is 0.471. The van der Waals surface area contributed by atoms with E-state index in [1.54, 1.807) is 6.20 Å². The van der Waals surface area contributed by atoms with Crippen LogP contribution in [-0.4, -0.2) is 12.5 Å². The van der Waals surface area contributed by atoms with E-state index in [9.17, 15) is 4.79 Å². The van der Waals surface area contributed by atoms with E-state index in [4.69, 9.17) is 4.74 Å². The number of rotatable bonds is 8. The molecule has 4 heteroatoms. The Morgan fingerprint density at radius 3 is 2.76 bits per heavy atom. The van der Waals surface area contributed by atoms with Crippen molar-refractivity contribution in [2.45, 2.75) is 46.5 Å². The summed E-state index contributed by atoms with van der Waals surface area (Å²) in [4.78, 5) is 11.8. The van der Waals surface area contributed by atoms with Gasteiger partial charge in [0.25, 0.3) is 0 Å². The monoisotopic (exact) mass is 353 g/mol. The Morgan fingerprint density at radius 1 is 1.38 bits per heavy atom. The predicted molar refractivity (Wildman–Crippen MR) is 90.8 cm³/mol. The minimum Gasteiger partial charge on any atom is -0.420 e. The van der Waals surface area contributed by atoms with E-state index in [2.05, 4.69) is 41.2 Å². The lowest BCUT2D eigenvalue weighted by Crippen LogP contribution is -2.11. The van der Waals surface area contributed by atoms with Gasteiger partial charge in [-0.05, 0) is 42.1 Å². The molecular formula is C17H24BrNO2. The Labute approximate surface area is 136 Å². The molecule has 0 unspecified atom stereocenters. The van der Waals surface area contributed by atoms with E-state index in [0.29, 0.717) is 5.76 Å². The molecule has 116 valence electrons. The fourth-order valence-corrected chi connectivity index (χ4v) is 2.47. The Bertz CT molecular complexity index is 487. The first-order chi connectivity index (χ1) is 10.1. The quantitative estimate of drug-likeness (QED) is 0.506. The minimum absolute atomic E-state index is 0.233. The Kier molecular flexibility index (Phi) is 8.13. The number of esters is 1. The predicted octanol–water partition coefficient (Wildman–Crippen LogP) is 4.73. The number of allylic oxidation sites excluding steroid dienone is 4. The van der Waals surface area contributed by atoms with Crippen molar-refractivity contribution in [3.05, 3.63) is 45.8 Å². The third-order valence-corrected chi connectivity index (χ3v) is 4.12. The molecule has 0 saturated heterocycles. The first-order valence-corrected chi connectivity index (χ1v) is 8.28. The smallest absolute Gasteiger partial charge is 0.340 e. The molecule has 0 radical (unpaired) electrons. The van der Waals surface area contributed by atoms with Crippen LogP contribution in [0, 0.1) is 0 Å². The van der Waals surface area contributed by atoms with Crippen molar-refractivity contribution in [2.75, 3.05) is 6.54 Å². The highest BCUT2D eigenvalue weighted by molar-refractivity contribution is 9.12. The van der Waals surface area contributed by atoms with Gasteiger partial charge in [0.1, 0.15) is 0 Å². The molecule has 0 bridgehead atoms. The van der Waals surface area contributed by atoms with E-state index in [-0.39, 0.29) is 5.97 Å². The first kappa shape index (κ1) is 17.8. The first-order valence-electron chi connectivity index (χ1n) is 7.49. The van der Waals surface area contributed by atoms with Crippen LogP contribution in [0.25, 0.3) is 0 Å². The molecule has 21 heavy (non-hydrogen) atoms. The second-order valence-corrected chi connectivity index (χ2v) is 5.67. The highest BCUT2D eigenvalue weighted by atomic mass is 79.9. The van der Waals surface area contributed by atoms with Crippen LogP contribution in [0.15, 0.2) is 45.8 Å². The number of halogens is 1. The third-order valence-electron chi connectivity index (χ3n) is 3.25. The van der Waals surface area contributed by atoms with Crippen molar-refractivity contribution in [3.8, 4) is 0 Å². The molecule has 0 saturated carbocycles. The Morgan fingerprint density at radius 2 is 2.14 bits per heavy atom. The lowest BCUT2D eigenvalue weighted by atomic mass is 10.1. The van der Waals surface area contributed by atoms with Crippen LogP contribution in [-0.2, 0) is 9.53 Å². The van der Waals surface area contributed by atoms with Crippen molar-refractivity contribution >= 4 is 21.9 Å². The van der Waals surface area contributed by atoms with Gasteiger partial charge in [-0.2, -0.15) is 0 Å². The van der Waals surface area contributed by atoms with Gasteiger partial charge in [0.2, 0.25) is 0 Å². The third kappa shape index (κ3) is 5.54. The molecule has 1 aliphatic heterocycles. The zero-order chi connectivity index (χ0) is 15.7. The van der Waals surface area contributed by atoms with Crippen molar-refractivity contribution < 1.29 is 9.53 Å². The van der Waals surface area contributed by atoms with Crippen LogP contribution in [0.3, 0.4) is 0 Å². The summed E-state index contributed by atoms with van der Waals surface area (Å²) in [5.74, 6) is 0.344. The molecule has 0 fully saturated rings. The van der Waals surface area contributed by atoms with E-state index >= 15 is 0 Å². The largest absolute Gasteiger partial charge is 0.420 e. The molecule has 0 aromatic heterocycles. The van der Waals surface area contributed by atoms with Gasteiger partial charge in [-0.3, -0.25) is 0 Å². The maximum atomic E-state index is 11.8. The summed E-state index contributed by atoms with van der Waals surface area (Å²) in [6, 6.07) is 0. The van der Waals surface area contributed by atoms with Gasteiger partial charge in [0, 0.05) is 12.7 Å². The normalized spacial score (nSPS) is 18.0. The zero-order valence-electron chi connectivity index (χ0n) is 13.0. The SMILES string of the molecule is C/C=C\C=C(/CC)CN/C=C1\OC(=O)C(CCCC)=C1Br. The highest BCUT2D eigenvalue weighted by Crippen LogP contribution is 2.33. The summed E-state index contributed by atoms with van der Waals surface area (Å²) in [5.41, 5.74) is 2.03. The molecule has 0 spiro atoms. The molecule has 1 aliphatic rings. The topological polar surface area (TPSA) is 38.3 Å². The number of hydrogen-bond donors (Lipinski definition) is 1. The number of carbonyl (C=O) groups is 1. The summed E-state index contributed by atoms with van der Waals surface area (Å²) < 4.78 is 6.07. The standard InChI is InChI=1S/C17H24BrNO2/c1-4-7-9-13(6-3)11-19-12-15-16(18)14(10-8-5-2)17(20)21-15/h4,7,9,12,19H,5-6,8,10-11H2,1-3H3/b7-4-,13-9+,15-12-. The zero-order valence-corrected chi connectivity index (χ0v) is 14.6. The maximum Gasteiger partial charge on any atom is 0.340 e. The minimum atomic E-state index is -0.233. The lowest BCUT2D eigenvalue weighted by molar-refractivity contribution is -0.133. The lowest BCUT2D eigenvalue weighted by Gasteiger charge is -2.05. The molecule has 1 N–H and O–H groups in total. The van der Waals surface area contributed by atoms with Crippen LogP contribution in [0.4, 0.5) is 0 Å². The second-order valence-electron chi connectivity index (χ2n) is 4.88. The number of unbranched alkanes of at least 4 members (excludes halogenated alkanes) is 1. The van der Waals surface area contributed by atoms with Gasteiger partial charge < -0.3 is 10.1 Å². The van der Waals surface area contributed by atoms with Crippen LogP contribution in [0.2, 0.25) is 0 Å². The summed E-state index contributed by atoms with van der Waals surface area (Å²) in [5, 5.41) is 3.21. The van der Waals surface area contributed by atoms with Crippen molar-refractivity contribution in [3.63, 3.8) is 0 Å². The van der Waals surface area contributed by atoms with E-state index in [1.165, 1.54) is 5.57 Å². The van der Waals surface area contributed by atoms with E-state index < -0.39 is 0 Å². The van der Waals surface area contributed by atoms with Gasteiger partial charge in [0.15, 0.2) is 5.76 Å². The maximum absolute atomic E-state index is 11.8.